The molecule has 0 bridgehead atoms. The van der Waals surface area contributed by atoms with Crippen molar-refractivity contribution in [1.82, 2.24) is 14.5 Å². The van der Waals surface area contributed by atoms with Gasteiger partial charge in [0.1, 0.15) is 17.3 Å². The fourth-order valence-electron chi connectivity index (χ4n) is 4.16. The summed E-state index contributed by atoms with van der Waals surface area (Å²) in [6.45, 7) is 5.91. The molecule has 9 heteroatoms. The molecule has 1 aromatic heterocycles. The van der Waals surface area contributed by atoms with E-state index < -0.39 is 21.2 Å². The highest BCUT2D eigenvalue weighted by Gasteiger charge is 2.43. The van der Waals surface area contributed by atoms with Gasteiger partial charge in [-0.05, 0) is 57.2 Å². The van der Waals surface area contributed by atoms with Gasteiger partial charge in [-0.25, -0.2) is 17.8 Å². The van der Waals surface area contributed by atoms with Crippen molar-refractivity contribution in [3.63, 3.8) is 0 Å². The maximum absolute atomic E-state index is 13.8. The van der Waals surface area contributed by atoms with Crippen LogP contribution in [0.5, 0.6) is 0 Å². The van der Waals surface area contributed by atoms with Crippen molar-refractivity contribution in [3.8, 4) is 11.3 Å². The van der Waals surface area contributed by atoms with Gasteiger partial charge in [-0.1, -0.05) is 17.7 Å². The standard InChI is InChI=1S/C23H25FN4O3S/c1-15-4-10-18(11-5-15)32(30,31)21-20(16-6-8-17(24)9-7-16)26-22-23(2,3)28(19(29)14-25)13-12-27(21)22/h4-11H,12-14,25H2,1-3H3. The molecular weight excluding hydrogens is 431 g/mol. The lowest BCUT2D eigenvalue weighted by Crippen LogP contribution is -2.53. The Morgan fingerprint density at radius 1 is 1.09 bits per heavy atom. The first-order valence-electron chi connectivity index (χ1n) is 10.3. The highest BCUT2D eigenvalue weighted by molar-refractivity contribution is 7.91. The quantitative estimate of drug-likeness (QED) is 0.651. The van der Waals surface area contributed by atoms with Crippen LogP contribution >= 0.6 is 0 Å². The minimum atomic E-state index is -3.96. The maximum atomic E-state index is 13.8. The van der Waals surface area contributed by atoms with E-state index in [2.05, 4.69) is 0 Å². The number of aromatic nitrogens is 2. The maximum Gasteiger partial charge on any atom is 0.237 e. The Kier molecular flexibility index (Phi) is 5.42. The van der Waals surface area contributed by atoms with Gasteiger partial charge in [0, 0.05) is 18.7 Å². The molecule has 0 saturated carbocycles. The Labute approximate surface area is 186 Å². The van der Waals surface area contributed by atoms with Crippen LogP contribution in [0.15, 0.2) is 58.5 Å². The second-order valence-corrected chi connectivity index (χ2v) is 10.2. The Morgan fingerprint density at radius 2 is 1.72 bits per heavy atom. The normalized spacial score (nSPS) is 15.5. The number of aryl methyl sites for hydroxylation is 1. The average molecular weight is 457 g/mol. The molecule has 2 heterocycles. The molecule has 0 atom stereocenters. The van der Waals surface area contributed by atoms with Crippen molar-refractivity contribution in [2.75, 3.05) is 13.1 Å². The smallest absolute Gasteiger partial charge is 0.237 e. The molecule has 1 aliphatic rings. The van der Waals surface area contributed by atoms with Crippen molar-refractivity contribution < 1.29 is 17.6 Å². The highest BCUT2D eigenvalue weighted by Crippen LogP contribution is 2.39. The zero-order valence-electron chi connectivity index (χ0n) is 18.2. The lowest BCUT2D eigenvalue weighted by atomic mass is 9.99. The first-order valence-corrected chi connectivity index (χ1v) is 11.7. The highest BCUT2D eigenvalue weighted by atomic mass is 32.2. The molecule has 0 aliphatic carbocycles. The number of benzene rings is 2. The van der Waals surface area contributed by atoms with E-state index in [1.54, 1.807) is 33.7 Å². The van der Waals surface area contributed by atoms with Gasteiger partial charge in [-0.15, -0.1) is 0 Å². The Balaban J connectivity index is 1.99. The lowest BCUT2D eigenvalue weighted by molar-refractivity contribution is -0.137. The molecule has 4 rings (SSSR count). The molecule has 32 heavy (non-hydrogen) atoms. The summed E-state index contributed by atoms with van der Waals surface area (Å²) in [6, 6.07) is 12.2. The molecule has 0 unspecified atom stereocenters. The summed E-state index contributed by atoms with van der Waals surface area (Å²) < 4.78 is 42.8. The summed E-state index contributed by atoms with van der Waals surface area (Å²) in [5.74, 6) is -0.230. The second kappa shape index (κ2) is 7.83. The van der Waals surface area contributed by atoms with Crippen LogP contribution < -0.4 is 5.73 Å². The minimum Gasteiger partial charge on any atom is -0.327 e. The largest absolute Gasteiger partial charge is 0.327 e. The monoisotopic (exact) mass is 456 g/mol. The van der Waals surface area contributed by atoms with Crippen LogP contribution in [-0.4, -0.2) is 41.9 Å². The van der Waals surface area contributed by atoms with E-state index in [4.69, 9.17) is 10.7 Å². The van der Waals surface area contributed by atoms with Gasteiger partial charge in [0.2, 0.25) is 15.7 Å². The first-order chi connectivity index (χ1) is 15.1. The van der Waals surface area contributed by atoms with E-state index in [0.29, 0.717) is 17.9 Å². The molecule has 1 aliphatic heterocycles. The van der Waals surface area contributed by atoms with Crippen LogP contribution in [0.4, 0.5) is 4.39 Å². The number of nitrogens with two attached hydrogens (primary N) is 1. The lowest BCUT2D eigenvalue weighted by Gasteiger charge is -2.42. The number of hydrogen-bond donors (Lipinski definition) is 1. The van der Waals surface area contributed by atoms with Crippen molar-refractivity contribution in [3.05, 3.63) is 65.7 Å². The predicted molar refractivity (Wildman–Crippen MR) is 118 cm³/mol. The molecule has 168 valence electrons. The van der Waals surface area contributed by atoms with Gasteiger partial charge in [0.05, 0.1) is 17.0 Å². The number of hydrogen-bond acceptors (Lipinski definition) is 5. The van der Waals surface area contributed by atoms with Crippen LogP contribution in [0.1, 0.15) is 25.2 Å². The van der Waals surface area contributed by atoms with Crippen molar-refractivity contribution in [2.45, 2.75) is 42.8 Å². The van der Waals surface area contributed by atoms with E-state index in [9.17, 15) is 17.6 Å². The number of fused-ring (bicyclic) bond motifs is 1. The summed E-state index contributed by atoms with van der Waals surface area (Å²) in [5.41, 5.74) is 6.36. The van der Waals surface area contributed by atoms with Gasteiger partial charge >= 0.3 is 0 Å². The third-order valence-electron chi connectivity index (χ3n) is 5.87. The van der Waals surface area contributed by atoms with Crippen molar-refractivity contribution in [2.24, 2.45) is 5.73 Å². The molecule has 1 amide bonds. The van der Waals surface area contributed by atoms with Crippen molar-refractivity contribution in [1.29, 1.82) is 0 Å². The van der Waals surface area contributed by atoms with Crippen molar-refractivity contribution >= 4 is 15.7 Å². The molecule has 0 spiro atoms. The van der Waals surface area contributed by atoms with Crippen LogP contribution in [0.3, 0.4) is 0 Å². The second-order valence-electron chi connectivity index (χ2n) is 8.37. The number of halogens is 1. The number of imidazole rings is 1. The fourth-order valence-corrected chi connectivity index (χ4v) is 5.76. The van der Waals surface area contributed by atoms with E-state index in [-0.39, 0.29) is 34.6 Å². The SMILES string of the molecule is Cc1ccc(S(=O)(=O)c2c(-c3ccc(F)cc3)nc3n2CCN(C(=O)CN)C3(C)C)cc1. The minimum absolute atomic E-state index is 0.0379. The molecule has 0 radical (unpaired) electrons. The zero-order valence-corrected chi connectivity index (χ0v) is 19.0. The number of carbonyl (C=O) groups excluding carboxylic acids is 1. The van der Waals surface area contributed by atoms with E-state index in [1.807, 2.05) is 20.8 Å². The van der Waals surface area contributed by atoms with Gasteiger partial charge < -0.3 is 15.2 Å². The summed E-state index contributed by atoms with van der Waals surface area (Å²) in [5, 5.41) is 0.0379. The van der Waals surface area contributed by atoms with Gasteiger partial charge in [0.25, 0.3) is 0 Å². The fraction of sp³-hybridized carbons (Fsp3) is 0.304. The first kappa shape index (κ1) is 22.2. The topological polar surface area (TPSA) is 98.3 Å². The molecule has 2 N–H and O–H groups in total. The molecule has 2 aromatic carbocycles. The summed E-state index contributed by atoms with van der Waals surface area (Å²) in [4.78, 5) is 18.9. The third kappa shape index (κ3) is 3.51. The zero-order chi connectivity index (χ0) is 23.3. The predicted octanol–water partition coefficient (Wildman–Crippen LogP) is 2.87. The number of rotatable bonds is 4. The van der Waals surface area contributed by atoms with Gasteiger partial charge in [-0.3, -0.25) is 4.79 Å². The Morgan fingerprint density at radius 3 is 2.31 bits per heavy atom. The Bertz CT molecular complexity index is 1280. The van der Waals surface area contributed by atoms with E-state index in [1.165, 1.54) is 24.3 Å². The third-order valence-corrected chi connectivity index (χ3v) is 7.69. The molecule has 0 fully saturated rings. The number of amides is 1. The van der Waals surface area contributed by atoms with Crippen LogP contribution in [0.2, 0.25) is 0 Å². The number of carbonyl (C=O) groups is 1. The summed E-state index contributed by atoms with van der Waals surface area (Å²) >= 11 is 0. The van der Waals surface area contributed by atoms with Gasteiger partial charge in [0.15, 0.2) is 5.03 Å². The molecule has 3 aromatic rings. The summed E-state index contributed by atoms with van der Waals surface area (Å²) in [6.07, 6.45) is 0. The molecule has 0 saturated heterocycles. The summed E-state index contributed by atoms with van der Waals surface area (Å²) in [7, 11) is -3.96. The Hall–Kier alpha value is -3.04. The number of nitrogens with zero attached hydrogens (tertiary/aromatic N) is 3. The van der Waals surface area contributed by atoms with Crippen LogP contribution in [0.25, 0.3) is 11.3 Å². The number of sulfone groups is 1. The molecule has 7 nitrogen and oxygen atoms in total. The van der Waals surface area contributed by atoms with Crippen LogP contribution in [-0.2, 0) is 26.7 Å². The van der Waals surface area contributed by atoms with E-state index >= 15 is 0 Å². The molecular formula is C23H25FN4O3S. The van der Waals surface area contributed by atoms with E-state index in [0.717, 1.165) is 5.56 Å². The van der Waals surface area contributed by atoms with Crippen LogP contribution in [0, 0.1) is 12.7 Å². The van der Waals surface area contributed by atoms with Gasteiger partial charge in [-0.2, -0.15) is 0 Å². The average Bonchev–Trinajstić information content (AvgIpc) is 3.16.